The molecule has 0 radical (unpaired) electrons. The lowest BCUT2D eigenvalue weighted by Gasteiger charge is -2.22. The van der Waals surface area contributed by atoms with Crippen molar-refractivity contribution in [1.29, 1.82) is 0 Å². The maximum absolute atomic E-state index is 3.64. The molecule has 1 aromatic rings. The van der Waals surface area contributed by atoms with E-state index in [1.165, 1.54) is 28.6 Å². The van der Waals surface area contributed by atoms with Gasteiger partial charge in [-0.1, -0.05) is 13.3 Å². The lowest BCUT2D eigenvalue weighted by molar-refractivity contribution is 0.383. The average Bonchev–Trinajstić information content (AvgIpc) is 2.79. The number of thiophene rings is 1. The Hall–Kier alpha value is 0.140. The van der Waals surface area contributed by atoms with Crippen LogP contribution in [0.3, 0.4) is 0 Å². The normalized spacial score (nSPS) is 28.2. The van der Waals surface area contributed by atoms with E-state index < -0.39 is 0 Å². The number of nitrogens with one attached hydrogen (secondary N) is 1. The molecule has 1 aliphatic rings. The van der Waals surface area contributed by atoms with Gasteiger partial charge in [-0.3, -0.25) is 0 Å². The van der Waals surface area contributed by atoms with Gasteiger partial charge in [0.15, 0.2) is 0 Å². The van der Waals surface area contributed by atoms with Crippen LogP contribution in [0.5, 0.6) is 0 Å². The maximum atomic E-state index is 3.64. The molecule has 0 spiro atoms. The maximum Gasteiger partial charge on any atom is 0.0452 e. The van der Waals surface area contributed by atoms with E-state index in [-0.39, 0.29) is 0 Å². The zero-order valence-corrected chi connectivity index (χ0v) is 11.7. The van der Waals surface area contributed by atoms with E-state index >= 15 is 0 Å². The van der Waals surface area contributed by atoms with Gasteiger partial charge in [0.2, 0.25) is 0 Å². The summed E-state index contributed by atoms with van der Waals surface area (Å²) in [5, 5.41) is 5.66. The molecule has 0 aliphatic heterocycles. The van der Waals surface area contributed by atoms with E-state index in [1.54, 1.807) is 0 Å². The fourth-order valence-corrected chi connectivity index (χ4v) is 4.48. The predicted octanol–water partition coefficient (Wildman–Crippen LogP) is 4.21. The van der Waals surface area contributed by atoms with Gasteiger partial charge >= 0.3 is 0 Å². The van der Waals surface area contributed by atoms with Crippen LogP contribution < -0.4 is 5.32 Å². The van der Waals surface area contributed by atoms with Gasteiger partial charge in [-0.25, -0.2) is 0 Å². The smallest absolute Gasteiger partial charge is 0.0452 e. The third-order valence-corrected chi connectivity index (χ3v) is 5.40. The van der Waals surface area contributed by atoms with Crippen molar-refractivity contribution in [1.82, 2.24) is 5.32 Å². The van der Waals surface area contributed by atoms with Crippen molar-refractivity contribution in [2.45, 2.75) is 32.2 Å². The molecule has 0 aromatic carbocycles. The van der Waals surface area contributed by atoms with Crippen molar-refractivity contribution in [3.8, 4) is 0 Å². The van der Waals surface area contributed by atoms with Gasteiger partial charge in [0, 0.05) is 15.4 Å². The van der Waals surface area contributed by atoms with Crippen molar-refractivity contribution in [2.75, 3.05) is 7.05 Å². The number of halogens is 1. The molecule has 1 heterocycles. The minimum absolute atomic E-state index is 0.546. The van der Waals surface area contributed by atoms with Crippen molar-refractivity contribution in [2.24, 2.45) is 11.8 Å². The molecule has 0 bridgehead atoms. The standard InChI is InChI=1S/C12H18BrNS/c1-8-3-4-9(7-8)11(14-2)12-10(13)5-6-15-12/h5-6,8-9,11,14H,3-4,7H2,1-2H3. The molecule has 1 N–H and O–H groups in total. The first kappa shape index (κ1) is 11.6. The molecule has 0 amide bonds. The lowest BCUT2D eigenvalue weighted by atomic mass is 9.96. The SMILES string of the molecule is CNC(c1sccc1Br)C1CCC(C)C1. The molecular weight excluding hydrogens is 270 g/mol. The van der Waals surface area contributed by atoms with Crippen LogP contribution in [0.2, 0.25) is 0 Å². The van der Waals surface area contributed by atoms with Gasteiger partial charge in [-0.2, -0.15) is 0 Å². The highest BCUT2D eigenvalue weighted by molar-refractivity contribution is 9.10. The van der Waals surface area contributed by atoms with Crippen molar-refractivity contribution in [3.63, 3.8) is 0 Å². The second kappa shape index (κ2) is 4.98. The Bertz CT molecular complexity index is 323. The molecule has 84 valence electrons. The monoisotopic (exact) mass is 287 g/mol. The van der Waals surface area contributed by atoms with Crippen LogP contribution in [0, 0.1) is 11.8 Å². The zero-order valence-electron chi connectivity index (χ0n) is 9.29. The van der Waals surface area contributed by atoms with Gasteiger partial charge in [0.1, 0.15) is 0 Å². The summed E-state index contributed by atoms with van der Waals surface area (Å²) in [7, 11) is 2.08. The molecule has 1 saturated carbocycles. The van der Waals surface area contributed by atoms with E-state index in [2.05, 4.69) is 46.7 Å². The molecule has 0 saturated heterocycles. The second-order valence-electron chi connectivity index (χ2n) is 4.58. The molecule has 1 fully saturated rings. The van der Waals surface area contributed by atoms with Crippen LogP contribution in [0.1, 0.15) is 37.1 Å². The van der Waals surface area contributed by atoms with Crippen LogP contribution >= 0.6 is 27.3 Å². The third kappa shape index (κ3) is 2.45. The summed E-state index contributed by atoms with van der Waals surface area (Å²) in [6.07, 6.45) is 4.14. The fraction of sp³-hybridized carbons (Fsp3) is 0.667. The fourth-order valence-electron chi connectivity index (χ4n) is 2.66. The van der Waals surface area contributed by atoms with Crippen molar-refractivity contribution >= 4 is 27.3 Å². The molecule has 1 aromatic heterocycles. The zero-order chi connectivity index (χ0) is 10.8. The van der Waals surface area contributed by atoms with Gasteiger partial charge in [0.25, 0.3) is 0 Å². The molecule has 3 atom stereocenters. The number of rotatable bonds is 3. The first-order valence-electron chi connectivity index (χ1n) is 5.62. The Balaban J connectivity index is 2.14. The predicted molar refractivity (Wildman–Crippen MR) is 70.3 cm³/mol. The summed E-state index contributed by atoms with van der Waals surface area (Å²) < 4.78 is 1.27. The Morgan fingerprint density at radius 3 is 2.80 bits per heavy atom. The van der Waals surface area contributed by atoms with E-state index in [0.717, 1.165) is 11.8 Å². The molecular formula is C12H18BrNS. The summed E-state index contributed by atoms with van der Waals surface area (Å²) >= 11 is 5.50. The average molecular weight is 288 g/mol. The van der Waals surface area contributed by atoms with E-state index in [0.29, 0.717) is 6.04 Å². The Labute approximate surface area is 104 Å². The van der Waals surface area contributed by atoms with Crippen LogP contribution in [-0.4, -0.2) is 7.05 Å². The highest BCUT2D eigenvalue weighted by Gasteiger charge is 2.30. The van der Waals surface area contributed by atoms with E-state index in [4.69, 9.17) is 0 Å². The van der Waals surface area contributed by atoms with E-state index in [9.17, 15) is 0 Å². The quantitative estimate of drug-likeness (QED) is 0.878. The van der Waals surface area contributed by atoms with Crippen LogP contribution in [0.4, 0.5) is 0 Å². The van der Waals surface area contributed by atoms with Crippen molar-refractivity contribution in [3.05, 3.63) is 20.8 Å². The summed E-state index contributed by atoms with van der Waals surface area (Å²) in [5.41, 5.74) is 0. The molecule has 3 heteroatoms. The van der Waals surface area contributed by atoms with Gasteiger partial charge in [0.05, 0.1) is 0 Å². The molecule has 2 rings (SSSR count). The summed E-state index contributed by atoms with van der Waals surface area (Å²) in [5.74, 6) is 1.73. The van der Waals surface area contributed by atoms with Crippen LogP contribution in [0.15, 0.2) is 15.9 Å². The first-order chi connectivity index (χ1) is 7.22. The van der Waals surface area contributed by atoms with E-state index in [1.807, 2.05) is 11.3 Å². The summed E-state index contributed by atoms with van der Waals surface area (Å²) in [6, 6.07) is 2.70. The minimum Gasteiger partial charge on any atom is -0.312 e. The summed E-state index contributed by atoms with van der Waals surface area (Å²) in [6.45, 7) is 2.37. The summed E-state index contributed by atoms with van der Waals surface area (Å²) in [4.78, 5) is 1.47. The highest BCUT2D eigenvalue weighted by Crippen LogP contribution is 2.42. The second-order valence-corrected chi connectivity index (χ2v) is 6.38. The topological polar surface area (TPSA) is 12.0 Å². The van der Waals surface area contributed by atoms with Crippen molar-refractivity contribution < 1.29 is 0 Å². The third-order valence-electron chi connectivity index (χ3n) is 3.45. The molecule has 1 nitrogen and oxygen atoms in total. The van der Waals surface area contributed by atoms with Gasteiger partial charge < -0.3 is 5.32 Å². The lowest BCUT2D eigenvalue weighted by Crippen LogP contribution is -2.23. The van der Waals surface area contributed by atoms with Crippen LogP contribution in [0.25, 0.3) is 0 Å². The van der Waals surface area contributed by atoms with Gasteiger partial charge in [-0.15, -0.1) is 11.3 Å². The largest absolute Gasteiger partial charge is 0.312 e. The number of hydrogen-bond acceptors (Lipinski definition) is 2. The Morgan fingerprint density at radius 2 is 2.33 bits per heavy atom. The van der Waals surface area contributed by atoms with Crippen LogP contribution in [-0.2, 0) is 0 Å². The molecule has 1 aliphatic carbocycles. The number of hydrogen-bond donors (Lipinski definition) is 1. The molecule has 3 unspecified atom stereocenters. The Kier molecular flexibility index (Phi) is 3.86. The first-order valence-corrected chi connectivity index (χ1v) is 7.29. The molecule has 15 heavy (non-hydrogen) atoms. The minimum atomic E-state index is 0.546. The highest BCUT2D eigenvalue weighted by atomic mass is 79.9. The van der Waals surface area contributed by atoms with Gasteiger partial charge in [-0.05, 0) is 59.1 Å². The Morgan fingerprint density at radius 1 is 1.53 bits per heavy atom.